The maximum absolute atomic E-state index is 13.7. The summed E-state index contributed by atoms with van der Waals surface area (Å²) in [5.74, 6) is -0.0914. The monoisotopic (exact) mass is 329 g/mol. The molecule has 120 valence electrons. The number of piperidine rings is 1. The number of nitrogens with zero attached hydrogens (tertiary/aromatic N) is 1. The van der Waals surface area contributed by atoms with Crippen LogP contribution in [0.1, 0.15) is 24.0 Å². The van der Waals surface area contributed by atoms with Crippen molar-refractivity contribution in [3.8, 4) is 0 Å². The van der Waals surface area contributed by atoms with E-state index in [1.165, 1.54) is 6.07 Å². The smallest absolute Gasteiger partial charge is 0.124 e. The number of halogens is 1. The average Bonchev–Trinajstić information content (AvgIpc) is 2.55. The van der Waals surface area contributed by atoms with Crippen molar-refractivity contribution in [1.29, 1.82) is 0 Å². The van der Waals surface area contributed by atoms with Crippen LogP contribution in [0, 0.1) is 11.7 Å². The van der Waals surface area contributed by atoms with Gasteiger partial charge >= 0.3 is 0 Å². The van der Waals surface area contributed by atoms with Crippen molar-refractivity contribution in [2.24, 2.45) is 5.92 Å². The molecule has 1 N–H and O–H groups in total. The molecule has 2 nitrogen and oxygen atoms in total. The first kappa shape index (κ1) is 15.2. The SMILES string of the molecule is CN1CCC(C2(O)c3ccccc3Sc3cc(F)ccc32)CC1. The normalized spacial score (nSPS) is 25.0. The van der Waals surface area contributed by atoms with Gasteiger partial charge in [-0.3, -0.25) is 0 Å². The maximum Gasteiger partial charge on any atom is 0.124 e. The highest BCUT2D eigenvalue weighted by Crippen LogP contribution is 2.53. The lowest BCUT2D eigenvalue weighted by molar-refractivity contribution is -0.0159. The Hall–Kier alpha value is -1.36. The van der Waals surface area contributed by atoms with E-state index in [0.717, 1.165) is 46.8 Å². The van der Waals surface area contributed by atoms with Crippen molar-refractivity contribution in [2.45, 2.75) is 28.2 Å². The Morgan fingerprint density at radius 2 is 1.78 bits per heavy atom. The second-order valence-electron chi connectivity index (χ2n) is 6.58. The zero-order chi connectivity index (χ0) is 16.0. The van der Waals surface area contributed by atoms with Gasteiger partial charge in [0.25, 0.3) is 0 Å². The first-order chi connectivity index (χ1) is 11.1. The Kier molecular flexibility index (Phi) is 3.71. The topological polar surface area (TPSA) is 23.5 Å². The van der Waals surface area contributed by atoms with Crippen molar-refractivity contribution in [1.82, 2.24) is 4.90 Å². The quantitative estimate of drug-likeness (QED) is 0.859. The number of hydrogen-bond acceptors (Lipinski definition) is 3. The number of benzene rings is 2. The van der Waals surface area contributed by atoms with Crippen LogP contribution < -0.4 is 0 Å². The summed E-state index contributed by atoms with van der Waals surface area (Å²) >= 11 is 1.55. The predicted octanol–water partition coefficient (Wildman–Crippen LogP) is 3.87. The zero-order valence-corrected chi connectivity index (χ0v) is 13.9. The lowest BCUT2D eigenvalue weighted by Gasteiger charge is -2.44. The summed E-state index contributed by atoms with van der Waals surface area (Å²) < 4.78 is 13.7. The fraction of sp³-hybridized carbons (Fsp3) is 0.368. The molecule has 0 aromatic heterocycles. The van der Waals surface area contributed by atoms with E-state index in [4.69, 9.17) is 0 Å². The summed E-state index contributed by atoms with van der Waals surface area (Å²) in [4.78, 5) is 4.17. The van der Waals surface area contributed by atoms with Crippen LogP contribution in [0.3, 0.4) is 0 Å². The Bertz CT molecular complexity index is 742. The van der Waals surface area contributed by atoms with Crippen LogP contribution in [0.2, 0.25) is 0 Å². The van der Waals surface area contributed by atoms with Gasteiger partial charge in [-0.2, -0.15) is 0 Å². The van der Waals surface area contributed by atoms with E-state index >= 15 is 0 Å². The highest BCUT2D eigenvalue weighted by Gasteiger charge is 2.46. The van der Waals surface area contributed by atoms with E-state index in [9.17, 15) is 9.50 Å². The zero-order valence-electron chi connectivity index (χ0n) is 13.1. The van der Waals surface area contributed by atoms with Gasteiger partial charge in [0, 0.05) is 20.9 Å². The van der Waals surface area contributed by atoms with Gasteiger partial charge in [-0.1, -0.05) is 36.0 Å². The molecule has 4 heteroatoms. The van der Waals surface area contributed by atoms with Gasteiger partial charge in [0.05, 0.1) is 0 Å². The second kappa shape index (κ2) is 5.62. The molecule has 1 atom stereocenters. The predicted molar refractivity (Wildman–Crippen MR) is 90.2 cm³/mol. The third kappa shape index (κ3) is 2.40. The van der Waals surface area contributed by atoms with Crippen molar-refractivity contribution >= 4 is 11.8 Å². The van der Waals surface area contributed by atoms with Crippen LogP contribution in [0.4, 0.5) is 4.39 Å². The van der Waals surface area contributed by atoms with Crippen LogP contribution in [0.5, 0.6) is 0 Å². The molecule has 1 saturated heterocycles. The van der Waals surface area contributed by atoms with E-state index in [1.54, 1.807) is 23.9 Å². The minimum atomic E-state index is -1.02. The van der Waals surface area contributed by atoms with E-state index in [-0.39, 0.29) is 11.7 Å². The molecule has 1 unspecified atom stereocenters. The van der Waals surface area contributed by atoms with Gasteiger partial charge < -0.3 is 10.0 Å². The molecule has 2 aromatic carbocycles. The summed E-state index contributed by atoms with van der Waals surface area (Å²) in [6.07, 6.45) is 1.89. The Morgan fingerprint density at radius 1 is 1.09 bits per heavy atom. The third-order valence-electron chi connectivity index (χ3n) is 5.18. The number of hydrogen-bond donors (Lipinski definition) is 1. The number of rotatable bonds is 1. The first-order valence-corrected chi connectivity index (χ1v) is 8.89. The van der Waals surface area contributed by atoms with E-state index in [1.807, 2.05) is 24.3 Å². The molecule has 2 aliphatic heterocycles. The molecular weight excluding hydrogens is 309 g/mol. The van der Waals surface area contributed by atoms with Crippen LogP contribution in [0.25, 0.3) is 0 Å². The molecule has 1 fully saturated rings. The summed E-state index contributed by atoms with van der Waals surface area (Å²) in [6, 6.07) is 12.8. The average molecular weight is 329 g/mol. The Labute approximate surface area is 140 Å². The van der Waals surface area contributed by atoms with Gasteiger partial charge in [-0.15, -0.1) is 0 Å². The highest BCUT2D eigenvalue weighted by molar-refractivity contribution is 7.99. The molecular formula is C19H20FNOS. The van der Waals surface area contributed by atoms with Crippen LogP contribution in [-0.2, 0) is 5.60 Å². The Balaban J connectivity index is 1.87. The summed E-state index contributed by atoms with van der Waals surface area (Å²) in [5.41, 5.74) is 0.808. The molecule has 0 bridgehead atoms. The lowest BCUT2D eigenvalue weighted by Crippen LogP contribution is -2.44. The van der Waals surface area contributed by atoms with Gasteiger partial charge in [-0.25, -0.2) is 4.39 Å². The van der Waals surface area contributed by atoms with Crippen molar-refractivity contribution in [3.63, 3.8) is 0 Å². The van der Waals surface area contributed by atoms with Crippen molar-refractivity contribution in [3.05, 3.63) is 59.4 Å². The Morgan fingerprint density at radius 3 is 2.57 bits per heavy atom. The fourth-order valence-electron chi connectivity index (χ4n) is 3.90. The first-order valence-electron chi connectivity index (χ1n) is 8.07. The molecule has 0 aliphatic carbocycles. The summed E-state index contributed by atoms with van der Waals surface area (Å²) in [7, 11) is 2.12. The molecule has 2 heterocycles. The van der Waals surface area contributed by atoms with Gasteiger partial charge in [0.15, 0.2) is 0 Å². The third-order valence-corrected chi connectivity index (χ3v) is 6.31. The maximum atomic E-state index is 13.7. The van der Waals surface area contributed by atoms with E-state index in [2.05, 4.69) is 11.9 Å². The molecule has 2 aromatic rings. The number of likely N-dealkylation sites (tertiary alicyclic amines) is 1. The molecule has 23 heavy (non-hydrogen) atoms. The molecule has 0 radical (unpaired) electrons. The van der Waals surface area contributed by atoms with Crippen molar-refractivity contribution in [2.75, 3.05) is 20.1 Å². The lowest BCUT2D eigenvalue weighted by atomic mass is 9.71. The van der Waals surface area contributed by atoms with Crippen LogP contribution in [-0.4, -0.2) is 30.1 Å². The van der Waals surface area contributed by atoms with E-state index in [0.29, 0.717) is 0 Å². The largest absolute Gasteiger partial charge is 0.380 e. The minimum Gasteiger partial charge on any atom is -0.380 e. The number of aliphatic hydroxyl groups is 1. The molecule has 0 saturated carbocycles. The molecule has 2 aliphatic rings. The summed E-state index contributed by atoms with van der Waals surface area (Å²) in [5, 5.41) is 11.8. The van der Waals surface area contributed by atoms with Gasteiger partial charge in [-0.05, 0) is 57.1 Å². The second-order valence-corrected chi connectivity index (χ2v) is 7.67. The molecule has 4 rings (SSSR count). The van der Waals surface area contributed by atoms with Gasteiger partial charge in [0.2, 0.25) is 0 Å². The molecule has 0 spiro atoms. The van der Waals surface area contributed by atoms with Gasteiger partial charge in [0.1, 0.15) is 11.4 Å². The highest BCUT2D eigenvalue weighted by atomic mass is 32.2. The number of fused-ring (bicyclic) bond motifs is 2. The van der Waals surface area contributed by atoms with Crippen molar-refractivity contribution < 1.29 is 9.50 Å². The minimum absolute atomic E-state index is 0.157. The van der Waals surface area contributed by atoms with Crippen LogP contribution >= 0.6 is 11.8 Å². The summed E-state index contributed by atoms with van der Waals surface area (Å²) in [6.45, 7) is 1.97. The molecule has 0 amide bonds. The fourth-order valence-corrected chi connectivity index (χ4v) is 5.12. The van der Waals surface area contributed by atoms with Crippen LogP contribution in [0.15, 0.2) is 52.3 Å². The van der Waals surface area contributed by atoms with E-state index < -0.39 is 5.60 Å². The standard InChI is InChI=1S/C19H20FNOS/c1-21-10-8-13(9-11-21)19(22)15-4-2-3-5-17(15)23-18-12-14(20)6-7-16(18)19/h2-7,12-13,22H,8-11H2,1H3.